The second-order valence-corrected chi connectivity index (χ2v) is 14.4. The highest BCUT2D eigenvalue weighted by Crippen LogP contribution is 2.42. The molecule has 2 heterocycles. The van der Waals surface area contributed by atoms with Crippen LogP contribution in [0.1, 0.15) is 0 Å². The van der Waals surface area contributed by atoms with Crippen molar-refractivity contribution in [3.05, 3.63) is 200 Å². The van der Waals surface area contributed by atoms with Crippen molar-refractivity contribution in [3.63, 3.8) is 0 Å². The van der Waals surface area contributed by atoms with Crippen molar-refractivity contribution in [2.24, 2.45) is 0 Å². The van der Waals surface area contributed by atoms with Gasteiger partial charge in [0.2, 0.25) is 0 Å². The van der Waals surface area contributed by atoms with Gasteiger partial charge in [-0.25, -0.2) is 15.0 Å². The summed E-state index contributed by atoms with van der Waals surface area (Å²) in [5.74, 6) is 0.710. The zero-order chi connectivity index (χ0) is 37.0. The van der Waals surface area contributed by atoms with E-state index in [1.807, 2.05) is 12.1 Å². The number of fused-ring (bicyclic) bond motifs is 7. The molecule has 0 amide bonds. The summed E-state index contributed by atoms with van der Waals surface area (Å²) in [4.78, 5) is 15.6. The predicted molar refractivity (Wildman–Crippen MR) is 235 cm³/mol. The van der Waals surface area contributed by atoms with Crippen molar-refractivity contribution in [2.45, 2.75) is 0 Å². The van der Waals surface area contributed by atoms with Crippen molar-refractivity contribution < 1.29 is 0 Å². The summed E-state index contributed by atoms with van der Waals surface area (Å²) in [6, 6.07) is 71.0. The van der Waals surface area contributed by atoms with E-state index in [9.17, 15) is 0 Å². The van der Waals surface area contributed by atoms with Gasteiger partial charge in [-0.05, 0) is 74.1 Å². The standard InChI is InChI=1S/C53H33N3/c1-2-13-34(14-3-1)39-17-12-18-41(32-39)53-55-49-24-11-9-22-45(49)51(56-53)37-28-26-36(27-29-37)46-33-47-50(43-20-7-6-19-42(43)46)44-21-8-10-23-48(44)54-52(47)40-30-25-35-15-4-5-16-38(35)31-40/h1-33H. The molecule has 0 unspecified atom stereocenters. The van der Waals surface area contributed by atoms with Gasteiger partial charge in [-0.15, -0.1) is 0 Å². The molecule has 0 radical (unpaired) electrons. The lowest BCUT2D eigenvalue weighted by atomic mass is 9.89. The summed E-state index contributed by atoms with van der Waals surface area (Å²) < 4.78 is 0. The van der Waals surface area contributed by atoms with E-state index in [1.165, 1.54) is 38.1 Å². The molecular formula is C53H33N3. The molecule has 3 nitrogen and oxygen atoms in total. The lowest BCUT2D eigenvalue weighted by Crippen LogP contribution is -1.96. The SMILES string of the molecule is c1ccc(-c2cccc(-c3nc(-c4ccc(-c5cc6c(-c7ccc8ccccc8c7)nc7ccccc7c6c6ccccc56)cc4)c4ccccc4n3)c2)cc1. The summed E-state index contributed by atoms with van der Waals surface area (Å²) in [6.45, 7) is 0. The van der Waals surface area contributed by atoms with Gasteiger partial charge in [-0.2, -0.15) is 0 Å². The number of hydrogen-bond acceptors (Lipinski definition) is 3. The van der Waals surface area contributed by atoms with Crippen LogP contribution in [-0.2, 0) is 0 Å². The minimum Gasteiger partial charge on any atom is -0.247 e. The van der Waals surface area contributed by atoms with E-state index in [1.54, 1.807) is 0 Å². The van der Waals surface area contributed by atoms with Crippen molar-refractivity contribution in [3.8, 4) is 56.2 Å². The van der Waals surface area contributed by atoms with Gasteiger partial charge in [0.15, 0.2) is 5.82 Å². The highest BCUT2D eigenvalue weighted by atomic mass is 14.9. The Kier molecular flexibility index (Phi) is 7.49. The van der Waals surface area contributed by atoms with Gasteiger partial charge in [0.05, 0.1) is 22.4 Å². The van der Waals surface area contributed by atoms with E-state index in [0.29, 0.717) is 5.82 Å². The Morgan fingerprint density at radius 1 is 0.268 bits per heavy atom. The average molecular weight is 712 g/mol. The molecule has 3 heteroatoms. The molecular weight excluding hydrogens is 679 g/mol. The molecule has 0 saturated carbocycles. The Bertz CT molecular complexity index is 3300. The van der Waals surface area contributed by atoms with Crippen LogP contribution in [0.3, 0.4) is 0 Å². The molecule has 0 aliphatic rings. The topological polar surface area (TPSA) is 38.7 Å². The third-order valence-corrected chi connectivity index (χ3v) is 11.0. The fraction of sp³-hybridized carbons (Fsp3) is 0. The van der Waals surface area contributed by atoms with Crippen LogP contribution in [-0.4, -0.2) is 15.0 Å². The van der Waals surface area contributed by atoms with Crippen molar-refractivity contribution in [1.29, 1.82) is 0 Å². The van der Waals surface area contributed by atoms with Crippen LogP contribution in [0.25, 0.3) is 110 Å². The quantitative estimate of drug-likeness (QED) is 0.167. The number of nitrogens with zero attached hydrogens (tertiary/aromatic N) is 3. The van der Waals surface area contributed by atoms with E-state index >= 15 is 0 Å². The molecule has 56 heavy (non-hydrogen) atoms. The van der Waals surface area contributed by atoms with E-state index in [-0.39, 0.29) is 0 Å². The molecule has 0 bridgehead atoms. The molecule has 0 N–H and O–H groups in total. The van der Waals surface area contributed by atoms with Crippen LogP contribution in [0, 0.1) is 0 Å². The van der Waals surface area contributed by atoms with Gasteiger partial charge in [0.1, 0.15) is 0 Å². The van der Waals surface area contributed by atoms with Crippen LogP contribution in [0.15, 0.2) is 200 Å². The van der Waals surface area contributed by atoms with Gasteiger partial charge in [0, 0.05) is 38.2 Å². The Balaban J connectivity index is 1.08. The molecule has 260 valence electrons. The van der Waals surface area contributed by atoms with Gasteiger partial charge in [-0.1, -0.05) is 170 Å². The second-order valence-electron chi connectivity index (χ2n) is 14.4. The minimum absolute atomic E-state index is 0.710. The van der Waals surface area contributed by atoms with E-state index < -0.39 is 0 Å². The maximum absolute atomic E-state index is 5.35. The Morgan fingerprint density at radius 2 is 0.857 bits per heavy atom. The molecule has 0 aliphatic heterocycles. The minimum atomic E-state index is 0.710. The third kappa shape index (κ3) is 5.40. The van der Waals surface area contributed by atoms with E-state index in [0.717, 1.165) is 66.4 Å². The number of benzene rings is 9. The smallest absolute Gasteiger partial charge is 0.160 e. The first kappa shape index (κ1) is 32.0. The first-order chi connectivity index (χ1) is 27.7. The molecule has 9 aromatic carbocycles. The molecule has 11 rings (SSSR count). The van der Waals surface area contributed by atoms with Crippen LogP contribution >= 0.6 is 0 Å². The zero-order valence-corrected chi connectivity index (χ0v) is 30.4. The zero-order valence-electron chi connectivity index (χ0n) is 30.4. The lowest BCUT2D eigenvalue weighted by Gasteiger charge is -2.17. The molecule has 0 saturated heterocycles. The molecule has 0 atom stereocenters. The second kappa shape index (κ2) is 13.1. The maximum Gasteiger partial charge on any atom is 0.160 e. The maximum atomic E-state index is 5.35. The summed E-state index contributed by atoms with van der Waals surface area (Å²) >= 11 is 0. The van der Waals surface area contributed by atoms with Crippen molar-refractivity contribution in [2.75, 3.05) is 0 Å². The van der Waals surface area contributed by atoms with Crippen LogP contribution < -0.4 is 0 Å². The Hall–Kier alpha value is -7.49. The number of pyridine rings is 1. The van der Waals surface area contributed by atoms with E-state index in [4.69, 9.17) is 15.0 Å². The van der Waals surface area contributed by atoms with Crippen molar-refractivity contribution in [1.82, 2.24) is 15.0 Å². The van der Waals surface area contributed by atoms with Gasteiger partial charge in [-0.3, -0.25) is 0 Å². The van der Waals surface area contributed by atoms with Crippen LogP contribution in [0.4, 0.5) is 0 Å². The molecule has 0 fully saturated rings. The predicted octanol–water partition coefficient (Wildman–Crippen LogP) is 14.0. The fourth-order valence-corrected chi connectivity index (χ4v) is 8.31. The summed E-state index contributed by atoms with van der Waals surface area (Å²) in [7, 11) is 0. The average Bonchev–Trinajstić information content (AvgIpc) is 3.28. The van der Waals surface area contributed by atoms with Crippen molar-refractivity contribution >= 4 is 54.1 Å². The normalized spacial score (nSPS) is 11.6. The number of para-hydroxylation sites is 2. The number of rotatable bonds is 5. The molecule has 2 aromatic heterocycles. The van der Waals surface area contributed by atoms with Crippen LogP contribution in [0.5, 0.6) is 0 Å². The molecule has 0 spiro atoms. The summed E-state index contributed by atoms with van der Waals surface area (Å²) in [5, 5.41) is 9.40. The highest BCUT2D eigenvalue weighted by Gasteiger charge is 2.18. The summed E-state index contributed by atoms with van der Waals surface area (Å²) in [5.41, 5.74) is 11.6. The number of hydrogen-bond donors (Lipinski definition) is 0. The number of aromatic nitrogens is 3. The fourth-order valence-electron chi connectivity index (χ4n) is 8.31. The monoisotopic (exact) mass is 711 g/mol. The van der Waals surface area contributed by atoms with E-state index in [2.05, 4.69) is 188 Å². The first-order valence-electron chi connectivity index (χ1n) is 19.0. The summed E-state index contributed by atoms with van der Waals surface area (Å²) in [6.07, 6.45) is 0. The van der Waals surface area contributed by atoms with Crippen LogP contribution in [0.2, 0.25) is 0 Å². The Labute approximate surface area is 324 Å². The highest BCUT2D eigenvalue weighted by molar-refractivity contribution is 6.25. The lowest BCUT2D eigenvalue weighted by molar-refractivity contribution is 1.23. The Morgan fingerprint density at radius 3 is 1.68 bits per heavy atom. The molecule has 0 aliphatic carbocycles. The van der Waals surface area contributed by atoms with Gasteiger partial charge in [0.25, 0.3) is 0 Å². The molecule has 11 aromatic rings. The van der Waals surface area contributed by atoms with Gasteiger partial charge >= 0.3 is 0 Å². The third-order valence-electron chi connectivity index (χ3n) is 11.0. The largest absolute Gasteiger partial charge is 0.247 e. The van der Waals surface area contributed by atoms with Gasteiger partial charge < -0.3 is 0 Å². The first-order valence-corrected chi connectivity index (χ1v) is 19.0.